The molecule has 0 aliphatic heterocycles. The van der Waals surface area contributed by atoms with E-state index in [0.717, 1.165) is 10.2 Å². The Morgan fingerprint density at radius 1 is 1.23 bits per heavy atom. The molecule has 2 rings (SSSR count). The highest BCUT2D eigenvalue weighted by Crippen LogP contribution is 2.18. The van der Waals surface area contributed by atoms with Crippen molar-refractivity contribution < 1.29 is 9.59 Å². The molecule has 0 saturated heterocycles. The zero-order valence-electron chi connectivity index (χ0n) is 12.1. The van der Waals surface area contributed by atoms with E-state index in [-0.39, 0.29) is 11.8 Å². The van der Waals surface area contributed by atoms with Crippen LogP contribution in [0.2, 0.25) is 0 Å². The van der Waals surface area contributed by atoms with Gasteiger partial charge >= 0.3 is 0 Å². The maximum absolute atomic E-state index is 11.9. The lowest BCUT2D eigenvalue weighted by atomic mass is 10.2. The van der Waals surface area contributed by atoms with Crippen molar-refractivity contribution in [1.29, 1.82) is 0 Å². The highest BCUT2D eigenvalue weighted by atomic mass is 79.9. The number of nitrogens with zero attached hydrogens (tertiary/aromatic N) is 2. The number of halogens is 1. The van der Waals surface area contributed by atoms with E-state index < -0.39 is 0 Å². The Morgan fingerprint density at radius 3 is 2.55 bits per heavy atom. The minimum Gasteiger partial charge on any atom is -0.350 e. The Kier molecular flexibility index (Phi) is 5.66. The smallest absolute Gasteiger partial charge is 0.252 e. The number of pyridine rings is 1. The highest BCUT2D eigenvalue weighted by molar-refractivity contribution is 9.10. The fourth-order valence-corrected chi connectivity index (χ4v) is 2.23. The molecule has 0 unspecified atom stereocenters. The standard InChI is InChI=1S/C16H16BrN3O2/c1-12(21)20(15-6-4-14(17)5-7-15)10-9-19-16(22)13-3-2-8-18-11-13/h2-8,11H,9-10H2,1H3,(H,19,22). The number of benzene rings is 1. The number of carbonyl (C=O) groups is 2. The third kappa shape index (κ3) is 4.39. The van der Waals surface area contributed by atoms with Gasteiger partial charge in [-0.2, -0.15) is 0 Å². The molecule has 0 bridgehead atoms. The molecular weight excluding hydrogens is 346 g/mol. The Morgan fingerprint density at radius 2 is 1.95 bits per heavy atom. The number of rotatable bonds is 5. The average molecular weight is 362 g/mol. The van der Waals surface area contributed by atoms with Gasteiger partial charge in [-0.15, -0.1) is 0 Å². The summed E-state index contributed by atoms with van der Waals surface area (Å²) in [6, 6.07) is 10.9. The zero-order valence-corrected chi connectivity index (χ0v) is 13.7. The van der Waals surface area contributed by atoms with Crippen LogP contribution in [0.5, 0.6) is 0 Å². The van der Waals surface area contributed by atoms with Gasteiger partial charge in [-0.3, -0.25) is 14.6 Å². The van der Waals surface area contributed by atoms with Crippen molar-refractivity contribution in [2.45, 2.75) is 6.92 Å². The molecule has 2 aromatic rings. The Hall–Kier alpha value is -2.21. The van der Waals surface area contributed by atoms with Gasteiger partial charge in [0.2, 0.25) is 5.91 Å². The van der Waals surface area contributed by atoms with E-state index in [1.165, 1.54) is 13.1 Å². The summed E-state index contributed by atoms with van der Waals surface area (Å²) in [5.41, 5.74) is 1.30. The van der Waals surface area contributed by atoms with E-state index in [0.29, 0.717) is 18.7 Å². The molecule has 0 fully saturated rings. The normalized spacial score (nSPS) is 10.1. The molecule has 22 heavy (non-hydrogen) atoms. The maximum Gasteiger partial charge on any atom is 0.252 e. The monoisotopic (exact) mass is 361 g/mol. The van der Waals surface area contributed by atoms with Gasteiger partial charge < -0.3 is 10.2 Å². The lowest BCUT2D eigenvalue weighted by Gasteiger charge is -2.21. The van der Waals surface area contributed by atoms with Gasteiger partial charge in [0.15, 0.2) is 0 Å². The first-order chi connectivity index (χ1) is 10.6. The molecule has 0 atom stereocenters. The zero-order chi connectivity index (χ0) is 15.9. The number of hydrogen-bond donors (Lipinski definition) is 1. The first-order valence-corrected chi connectivity index (χ1v) is 7.59. The second-order valence-corrected chi connectivity index (χ2v) is 5.56. The van der Waals surface area contributed by atoms with Crippen molar-refractivity contribution >= 4 is 33.4 Å². The van der Waals surface area contributed by atoms with Crippen LogP contribution in [0.1, 0.15) is 17.3 Å². The van der Waals surface area contributed by atoms with Crippen LogP contribution in [0.25, 0.3) is 0 Å². The first-order valence-electron chi connectivity index (χ1n) is 6.80. The molecule has 114 valence electrons. The highest BCUT2D eigenvalue weighted by Gasteiger charge is 2.12. The van der Waals surface area contributed by atoms with Crippen LogP contribution in [0.15, 0.2) is 53.3 Å². The molecule has 0 radical (unpaired) electrons. The summed E-state index contributed by atoms with van der Waals surface area (Å²) >= 11 is 3.36. The van der Waals surface area contributed by atoms with Crippen LogP contribution in [-0.4, -0.2) is 29.9 Å². The molecular formula is C16H16BrN3O2. The van der Waals surface area contributed by atoms with Gasteiger partial charge in [-0.05, 0) is 36.4 Å². The largest absolute Gasteiger partial charge is 0.350 e. The fourth-order valence-electron chi connectivity index (χ4n) is 1.97. The van der Waals surface area contributed by atoms with Crippen molar-refractivity contribution in [3.05, 3.63) is 58.8 Å². The molecule has 2 amide bonds. The Bertz CT molecular complexity index is 644. The fraction of sp³-hybridized carbons (Fsp3) is 0.188. The molecule has 1 N–H and O–H groups in total. The Balaban J connectivity index is 1.94. The topological polar surface area (TPSA) is 62.3 Å². The molecule has 1 heterocycles. The van der Waals surface area contributed by atoms with E-state index in [2.05, 4.69) is 26.2 Å². The minimum absolute atomic E-state index is 0.0713. The van der Waals surface area contributed by atoms with Gasteiger partial charge in [0.25, 0.3) is 5.91 Å². The van der Waals surface area contributed by atoms with Gasteiger partial charge in [-0.25, -0.2) is 0 Å². The van der Waals surface area contributed by atoms with Crippen LogP contribution in [0, 0.1) is 0 Å². The molecule has 6 heteroatoms. The van der Waals surface area contributed by atoms with E-state index in [1.54, 1.807) is 23.2 Å². The number of carbonyl (C=O) groups excluding carboxylic acids is 2. The summed E-state index contributed by atoms with van der Waals surface area (Å²) in [6.07, 6.45) is 3.12. The van der Waals surface area contributed by atoms with Gasteiger partial charge in [0.05, 0.1) is 5.56 Å². The molecule has 1 aromatic carbocycles. The van der Waals surface area contributed by atoms with Gasteiger partial charge in [0.1, 0.15) is 0 Å². The molecule has 0 aliphatic carbocycles. The van der Waals surface area contributed by atoms with Crippen LogP contribution >= 0.6 is 15.9 Å². The Labute approximate surface area is 137 Å². The predicted molar refractivity (Wildman–Crippen MR) is 88.7 cm³/mol. The van der Waals surface area contributed by atoms with E-state index in [4.69, 9.17) is 0 Å². The van der Waals surface area contributed by atoms with Crippen molar-refractivity contribution in [2.75, 3.05) is 18.0 Å². The number of aromatic nitrogens is 1. The van der Waals surface area contributed by atoms with E-state index >= 15 is 0 Å². The molecule has 1 aromatic heterocycles. The van der Waals surface area contributed by atoms with E-state index in [1.807, 2.05) is 24.3 Å². The summed E-state index contributed by atoms with van der Waals surface area (Å²) in [7, 11) is 0. The molecule has 0 saturated carbocycles. The first kappa shape index (κ1) is 16.2. The van der Waals surface area contributed by atoms with Crippen LogP contribution in [-0.2, 0) is 4.79 Å². The lowest BCUT2D eigenvalue weighted by molar-refractivity contribution is -0.116. The van der Waals surface area contributed by atoms with Crippen molar-refractivity contribution in [1.82, 2.24) is 10.3 Å². The van der Waals surface area contributed by atoms with Gasteiger partial charge in [-0.1, -0.05) is 15.9 Å². The average Bonchev–Trinajstić information content (AvgIpc) is 2.53. The third-order valence-corrected chi connectivity index (χ3v) is 3.59. The van der Waals surface area contributed by atoms with Crippen molar-refractivity contribution in [2.24, 2.45) is 0 Å². The lowest BCUT2D eigenvalue weighted by Crippen LogP contribution is -2.37. The predicted octanol–water partition coefficient (Wildman–Crippen LogP) is 2.63. The summed E-state index contributed by atoms with van der Waals surface area (Å²) < 4.78 is 0.949. The summed E-state index contributed by atoms with van der Waals surface area (Å²) in [5.74, 6) is -0.273. The SMILES string of the molecule is CC(=O)N(CCNC(=O)c1cccnc1)c1ccc(Br)cc1. The van der Waals surface area contributed by atoms with Crippen LogP contribution < -0.4 is 10.2 Å². The quantitative estimate of drug-likeness (QED) is 0.890. The van der Waals surface area contributed by atoms with Crippen LogP contribution in [0.3, 0.4) is 0 Å². The van der Waals surface area contributed by atoms with Gasteiger partial charge in [0, 0.05) is 42.6 Å². The summed E-state index contributed by atoms with van der Waals surface area (Å²) in [6.45, 7) is 2.28. The van der Waals surface area contributed by atoms with Crippen LogP contribution in [0.4, 0.5) is 5.69 Å². The second kappa shape index (κ2) is 7.70. The number of anilines is 1. The third-order valence-electron chi connectivity index (χ3n) is 3.06. The molecule has 0 spiro atoms. The number of hydrogen-bond acceptors (Lipinski definition) is 3. The molecule has 5 nitrogen and oxygen atoms in total. The van der Waals surface area contributed by atoms with Crippen molar-refractivity contribution in [3.8, 4) is 0 Å². The number of nitrogens with one attached hydrogen (secondary N) is 1. The molecule has 0 aliphatic rings. The van der Waals surface area contributed by atoms with E-state index in [9.17, 15) is 9.59 Å². The minimum atomic E-state index is -0.201. The maximum atomic E-state index is 11.9. The number of amides is 2. The second-order valence-electron chi connectivity index (χ2n) is 4.64. The summed E-state index contributed by atoms with van der Waals surface area (Å²) in [5, 5.41) is 2.78. The van der Waals surface area contributed by atoms with Crippen molar-refractivity contribution in [3.63, 3.8) is 0 Å². The summed E-state index contributed by atoms with van der Waals surface area (Å²) in [4.78, 5) is 29.2.